The van der Waals surface area contributed by atoms with Crippen molar-refractivity contribution in [2.75, 3.05) is 25.0 Å². The highest BCUT2D eigenvalue weighted by Gasteiger charge is 2.24. The Hall–Kier alpha value is -0.880. The Labute approximate surface area is 115 Å². The van der Waals surface area contributed by atoms with Crippen LogP contribution in [0, 0.1) is 0 Å². The average molecular weight is 316 g/mol. The molecule has 18 heavy (non-hydrogen) atoms. The summed E-state index contributed by atoms with van der Waals surface area (Å²) in [6, 6.07) is 0. The summed E-state index contributed by atoms with van der Waals surface area (Å²) in [5.74, 6) is 0.0713. The number of hydrogen-bond donors (Lipinski definition) is 0. The van der Waals surface area contributed by atoms with Crippen LogP contribution < -0.4 is 0 Å². The molecular formula is C12H18BrN3O2. The lowest BCUT2D eigenvalue weighted by atomic mass is 10.1. The van der Waals surface area contributed by atoms with Crippen molar-refractivity contribution in [1.82, 2.24) is 14.7 Å². The van der Waals surface area contributed by atoms with Gasteiger partial charge in [-0.05, 0) is 12.8 Å². The van der Waals surface area contributed by atoms with Gasteiger partial charge >= 0.3 is 0 Å². The third kappa shape index (κ3) is 3.32. The second-order valence-corrected chi connectivity index (χ2v) is 5.25. The van der Waals surface area contributed by atoms with Crippen molar-refractivity contribution < 1.29 is 9.53 Å². The Morgan fingerprint density at radius 3 is 2.83 bits per heavy atom. The Morgan fingerprint density at radius 2 is 2.28 bits per heavy atom. The van der Waals surface area contributed by atoms with E-state index < -0.39 is 0 Å². The molecule has 1 saturated heterocycles. The molecule has 2 rings (SSSR count). The highest BCUT2D eigenvalue weighted by atomic mass is 79.9. The molecule has 0 bridgehead atoms. The lowest BCUT2D eigenvalue weighted by Gasteiger charge is -2.31. The van der Waals surface area contributed by atoms with Crippen molar-refractivity contribution in [1.29, 1.82) is 0 Å². The summed E-state index contributed by atoms with van der Waals surface area (Å²) in [6.45, 7) is 2.27. The van der Waals surface area contributed by atoms with Crippen LogP contribution in [0.15, 0.2) is 12.4 Å². The number of hydrogen-bond acceptors (Lipinski definition) is 3. The quantitative estimate of drug-likeness (QED) is 0.790. The van der Waals surface area contributed by atoms with Crippen LogP contribution in [-0.4, -0.2) is 51.7 Å². The molecule has 6 heteroatoms. The van der Waals surface area contributed by atoms with Gasteiger partial charge in [-0.1, -0.05) is 15.9 Å². The minimum Gasteiger partial charge on any atom is -0.377 e. The van der Waals surface area contributed by atoms with Crippen molar-refractivity contribution in [3.8, 4) is 0 Å². The van der Waals surface area contributed by atoms with Crippen LogP contribution in [0.25, 0.3) is 0 Å². The van der Waals surface area contributed by atoms with E-state index in [0.29, 0.717) is 11.7 Å². The Bertz CT molecular complexity index is 400. The molecule has 1 aromatic heterocycles. The Kier molecular flexibility index (Phi) is 4.77. The van der Waals surface area contributed by atoms with E-state index in [1.165, 1.54) is 0 Å². The monoisotopic (exact) mass is 315 g/mol. The lowest BCUT2D eigenvalue weighted by Crippen LogP contribution is -2.40. The number of halogens is 1. The summed E-state index contributed by atoms with van der Waals surface area (Å²) in [4.78, 5) is 14.0. The maximum absolute atomic E-state index is 12.2. The summed E-state index contributed by atoms with van der Waals surface area (Å²) in [7, 11) is 1.82. The number of nitrogens with zero attached hydrogens (tertiary/aromatic N) is 3. The van der Waals surface area contributed by atoms with Gasteiger partial charge in [0.25, 0.3) is 5.91 Å². The fourth-order valence-corrected chi connectivity index (χ4v) is 2.34. The number of amides is 1. The van der Waals surface area contributed by atoms with Crippen molar-refractivity contribution in [2.24, 2.45) is 7.05 Å². The first-order valence-corrected chi connectivity index (χ1v) is 7.28. The molecule has 0 radical (unpaired) electrons. The van der Waals surface area contributed by atoms with Crippen LogP contribution in [0.1, 0.15) is 23.2 Å². The largest absolute Gasteiger partial charge is 0.377 e. The number of carbonyl (C=O) groups excluding carboxylic acids is 1. The second-order valence-electron chi connectivity index (χ2n) is 4.45. The molecule has 0 saturated carbocycles. The van der Waals surface area contributed by atoms with Gasteiger partial charge in [0.05, 0.1) is 24.5 Å². The number of aryl methyl sites for hydroxylation is 1. The molecule has 0 aliphatic carbocycles. The van der Waals surface area contributed by atoms with Crippen LogP contribution in [-0.2, 0) is 11.8 Å². The zero-order valence-corrected chi connectivity index (χ0v) is 12.1. The van der Waals surface area contributed by atoms with E-state index in [1.807, 2.05) is 11.9 Å². The maximum Gasteiger partial charge on any atom is 0.257 e. The van der Waals surface area contributed by atoms with E-state index in [9.17, 15) is 4.79 Å². The summed E-state index contributed by atoms with van der Waals surface area (Å²) < 4.78 is 7.32. The van der Waals surface area contributed by atoms with E-state index in [2.05, 4.69) is 21.0 Å². The van der Waals surface area contributed by atoms with Crippen LogP contribution >= 0.6 is 15.9 Å². The number of aromatic nitrogens is 2. The fourth-order valence-electron chi connectivity index (χ4n) is 2.15. The third-order valence-corrected chi connectivity index (χ3v) is 3.44. The van der Waals surface area contributed by atoms with Gasteiger partial charge in [-0.3, -0.25) is 9.48 Å². The van der Waals surface area contributed by atoms with Crippen molar-refractivity contribution in [3.63, 3.8) is 0 Å². The number of carbonyl (C=O) groups is 1. The topological polar surface area (TPSA) is 47.4 Å². The van der Waals surface area contributed by atoms with Gasteiger partial charge in [-0.2, -0.15) is 5.10 Å². The molecule has 1 amide bonds. The van der Waals surface area contributed by atoms with Crippen molar-refractivity contribution in [2.45, 2.75) is 18.9 Å². The van der Waals surface area contributed by atoms with E-state index in [-0.39, 0.29) is 5.91 Å². The Morgan fingerprint density at radius 1 is 1.56 bits per heavy atom. The first-order valence-electron chi connectivity index (χ1n) is 6.16. The molecule has 100 valence electrons. The van der Waals surface area contributed by atoms with Crippen molar-refractivity contribution >= 4 is 21.8 Å². The lowest BCUT2D eigenvalue weighted by molar-refractivity contribution is 0.0160. The number of likely N-dealkylation sites (tertiary alicyclic amines) is 1. The third-order valence-electron chi connectivity index (χ3n) is 3.11. The molecule has 1 aliphatic heterocycles. The maximum atomic E-state index is 12.2. The van der Waals surface area contributed by atoms with Gasteiger partial charge in [0.15, 0.2) is 0 Å². The van der Waals surface area contributed by atoms with Gasteiger partial charge in [-0.25, -0.2) is 0 Å². The standard InChI is InChI=1S/C12H18BrN3O2/c1-15-9-10(8-14-15)12(17)16-5-2-11(3-6-16)18-7-4-13/h8-9,11H,2-7H2,1H3. The van der Waals surface area contributed by atoms with Gasteiger partial charge in [0.2, 0.25) is 0 Å². The molecule has 1 aromatic rings. The number of rotatable bonds is 4. The van der Waals surface area contributed by atoms with E-state index in [4.69, 9.17) is 4.74 Å². The normalized spacial score (nSPS) is 17.1. The molecular weight excluding hydrogens is 298 g/mol. The van der Waals surface area contributed by atoms with Gasteiger partial charge in [0.1, 0.15) is 0 Å². The molecule has 0 spiro atoms. The number of alkyl halides is 1. The minimum absolute atomic E-state index is 0.0713. The smallest absolute Gasteiger partial charge is 0.257 e. The first-order chi connectivity index (χ1) is 8.70. The molecule has 1 fully saturated rings. The van der Waals surface area contributed by atoms with Crippen LogP contribution in [0.5, 0.6) is 0 Å². The summed E-state index contributed by atoms with van der Waals surface area (Å²) in [6.07, 6.45) is 5.50. The van der Waals surface area contributed by atoms with Gasteiger partial charge in [0, 0.05) is 31.7 Å². The molecule has 1 aliphatic rings. The van der Waals surface area contributed by atoms with Gasteiger partial charge in [-0.15, -0.1) is 0 Å². The fraction of sp³-hybridized carbons (Fsp3) is 0.667. The van der Waals surface area contributed by atoms with Crippen molar-refractivity contribution in [3.05, 3.63) is 18.0 Å². The Balaban J connectivity index is 1.84. The molecule has 0 aromatic carbocycles. The first kappa shape index (κ1) is 13.5. The van der Waals surface area contributed by atoms with Crippen LogP contribution in [0.3, 0.4) is 0 Å². The molecule has 5 nitrogen and oxygen atoms in total. The van der Waals surface area contributed by atoms with Crippen LogP contribution in [0.2, 0.25) is 0 Å². The predicted octanol–water partition coefficient (Wildman–Crippen LogP) is 1.44. The highest BCUT2D eigenvalue weighted by molar-refractivity contribution is 9.09. The van der Waals surface area contributed by atoms with E-state index in [0.717, 1.165) is 37.9 Å². The SMILES string of the molecule is Cn1cc(C(=O)N2CCC(OCCBr)CC2)cn1. The van der Waals surface area contributed by atoms with Crippen LogP contribution in [0.4, 0.5) is 0 Å². The zero-order valence-electron chi connectivity index (χ0n) is 10.5. The highest BCUT2D eigenvalue weighted by Crippen LogP contribution is 2.16. The zero-order chi connectivity index (χ0) is 13.0. The summed E-state index contributed by atoms with van der Waals surface area (Å²) in [5, 5.41) is 4.89. The van der Waals surface area contributed by atoms with Gasteiger partial charge < -0.3 is 9.64 Å². The molecule has 0 N–H and O–H groups in total. The minimum atomic E-state index is 0.0713. The van der Waals surface area contributed by atoms with E-state index >= 15 is 0 Å². The average Bonchev–Trinajstić information content (AvgIpc) is 2.83. The number of ether oxygens (including phenoxy) is 1. The molecule has 0 atom stereocenters. The van der Waals surface area contributed by atoms with E-state index in [1.54, 1.807) is 17.1 Å². The number of piperidine rings is 1. The predicted molar refractivity (Wildman–Crippen MR) is 71.9 cm³/mol. The summed E-state index contributed by atoms with van der Waals surface area (Å²) in [5.41, 5.74) is 0.664. The second kappa shape index (κ2) is 6.33. The summed E-state index contributed by atoms with van der Waals surface area (Å²) >= 11 is 3.35. The molecule has 0 unspecified atom stereocenters. The molecule has 2 heterocycles.